The highest BCUT2D eigenvalue weighted by Crippen LogP contribution is 2.39. The maximum atomic E-state index is 15.0. The first-order valence-corrected chi connectivity index (χ1v) is 13.8. The SMILES string of the molecule is C=Cc1c(F)cc(OC(F)(F)c2c(F)cc(-c3c(F)cc(OC(=O)c4ccc5c(c4)CC(CCC)C5)cc3F)cc2F)cc1F. The number of ether oxygens (including phenoxy) is 2. The van der Waals surface area contributed by atoms with Crippen molar-refractivity contribution in [3.63, 3.8) is 0 Å². The third kappa shape index (κ3) is 6.43. The molecule has 0 fully saturated rings. The number of hydrogen-bond donors (Lipinski definition) is 0. The van der Waals surface area contributed by atoms with Gasteiger partial charge in [-0.15, -0.1) is 0 Å². The van der Waals surface area contributed by atoms with E-state index in [1.165, 1.54) is 0 Å². The van der Waals surface area contributed by atoms with Crippen LogP contribution in [0.4, 0.5) is 35.1 Å². The molecule has 5 rings (SSSR count). The minimum atomic E-state index is -4.80. The molecule has 0 radical (unpaired) electrons. The fraction of sp³-hybridized carbons (Fsp3) is 0.206. The van der Waals surface area contributed by atoms with Crippen molar-refractivity contribution in [1.29, 1.82) is 0 Å². The van der Waals surface area contributed by atoms with Gasteiger partial charge in [-0.2, -0.15) is 8.78 Å². The lowest BCUT2D eigenvalue weighted by atomic mass is 10.0. The molecule has 0 amide bonds. The molecule has 1 aliphatic carbocycles. The number of carbonyl (C=O) groups is 1. The fourth-order valence-corrected chi connectivity index (χ4v) is 5.51. The summed E-state index contributed by atoms with van der Waals surface area (Å²) in [6.07, 6.45) is -0.250. The Labute approximate surface area is 252 Å². The smallest absolute Gasteiger partial charge is 0.429 e. The predicted molar refractivity (Wildman–Crippen MR) is 150 cm³/mol. The first-order valence-electron chi connectivity index (χ1n) is 13.8. The topological polar surface area (TPSA) is 35.5 Å². The van der Waals surface area contributed by atoms with Gasteiger partial charge in [0.05, 0.1) is 11.1 Å². The number of alkyl halides is 2. The Balaban J connectivity index is 1.37. The molecule has 1 unspecified atom stereocenters. The molecule has 234 valence electrons. The van der Waals surface area contributed by atoms with Crippen LogP contribution in [0.1, 0.15) is 52.4 Å². The van der Waals surface area contributed by atoms with Crippen LogP contribution in [0.3, 0.4) is 0 Å². The highest BCUT2D eigenvalue weighted by molar-refractivity contribution is 5.91. The third-order valence-corrected chi connectivity index (χ3v) is 7.51. The van der Waals surface area contributed by atoms with Crippen molar-refractivity contribution >= 4 is 12.0 Å². The van der Waals surface area contributed by atoms with Crippen molar-refractivity contribution in [2.75, 3.05) is 0 Å². The van der Waals surface area contributed by atoms with Crippen molar-refractivity contribution in [3.05, 3.63) is 124 Å². The van der Waals surface area contributed by atoms with Gasteiger partial charge in [0.2, 0.25) is 0 Å². The van der Waals surface area contributed by atoms with E-state index in [2.05, 4.69) is 18.2 Å². The van der Waals surface area contributed by atoms with Crippen LogP contribution in [-0.4, -0.2) is 5.97 Å². The van der Waals surface area contributed by atoms with E-state index in [1.807, 2.05) is 6.07 Å². The molecule has 0 saturated heterocycles. The van der Waals surface area contributed by atoms with Crippen molar-refractivity contribution in [2.24, 2.45) is 5.92 Å². The summed E-state index contributed by atoms with van der Waals surface area (Å²) in [5.41, 5.74) is -2.13. The van der Waals surface area contributed by atoms with E-state index in [0.717, 1.165) is 42.9 Å². The van der Waals surface area contributed by atoms with Crippen molar-refractivity contribution in [2.45, 2.75) is 38.7 Å². The molecule has 4 aromatic rings. The molecule has 45 heavy (non-hydrogen) atoms. The fourth-order valence-electron chi connectivity index (χ4n) is 5.51. The molecule has 3 nitrogen and oxygen atoms in total. The standard InChI is InChI=1S/C34H24F8O3/c1-3-5-17-8-18-6-7-19(10-20(18)9-17)33(43)44-22-13-27(37)31(28(38)14-22)21-11-29(39)32(30(40)12-21)34(41,42)45-23-15-25(35)24(4-2)26(36)16-23/h4,6-7,10-17H,2-3,5,8-9H2,1H3. The van der Waals surface area contributed by atoms with Gasteiger partial charge in [-0.05, 0) is 59.7 Å². The third-order valence-electron chi connectivity index (χ3n) is 7.51. The molecule has 0 aliphatic heterocycles. The zero-order valence-electron chi connectivity index (χ0n) is 23.6. The number of hydrogen-bond acceptors (Lipinski definition) is 3. The van der Waals surface area contributed by atoms with Gasteiger partial charge < -0.3 is 9.47 Å². The van der Waals surface area contributed by atoms with Crippen LogP contribution >= 0.6 is 0 Å². The average molecular weight is 633 g/mol. The Morgan fingerprint density at radius 3 is 1.98 bits per heavy atom. The lowest BCUT2D eigenvalue weighted by Crippen LogP contribution is -2.25. The second kappa shape index (κ2) is 12.4. The molecule has 1 atom stereocenters. The Morgan fingerprint density at radius 2 is 1.40 bits per heavy atom. The second-order valence-corrected chi connectivity index (χ2v) is 10.6. The highest BCUT2D eigenvalue weighted by atomic mass is 19.3. The summed E-state index contributed by atoms with van der Waals surface area (Å²) in [6.45, 7) is 5.27. The number of halogens is 8. The molecule has 4 aromatic carbocycles. The lowest BCUT2D eigenvalue weighted by Gasteiger charge is -2.20. The van der Waals surface area contributed by atoms with Gasteiger partial charge in [-0.1, -0.05) is 38.5 Å². The summed E-state index contributed by atoms with van der Waals surface area (Å²) in [5, 5.41) is 0. The van der Waals surface area contributed by atoms with E-state index in [9.17, 15) is 31.1 Å². The molecule has 0 bridgehead atoms. The van der Waals surface area contributed by atoms with Crippen LogP contribution in [0.15, 0.2) is 61.2 Å². The van der Waals surface area contributed by atoms with E-state index in [4.69, 9.17) is 4.74 Å². The van der Waals surface area contributed by atoms with Gasteiger partial charge in [0.15, 0.2) is 0 Å². The van der Waals surface area contributed by atoms with Crippen LogP contribution in [0, 0.1) is 40.8 Å². The minimum Gasteiger partial charge on any atom is -0.429 e. The molecule has 0 N–H and O–H groups in total. The number of fused-ring (bicyclic) bond motifs is 1. The van der Waals surface area contributed by atoms with Gasteiger partial charge in [0, 0.05) is 29.8 Å². The number of rotatable bonds is 9. The van der Waals surface area contributed by atoms with Crippen molar-refractivity contribution in [1.82, 2.24) is 0 Å². The van der Waals surface area contributed by atoms with Gasteiger partial charge in [0.1, 0.15) is 52.0 Å². The Hall–Kier alpha value is -4.67. The van der Waals surface area contributed by atoms with E-state index in [0.29, 0.717) is 30.2 Å². The van der Waals surface area contributed by atoms with Gasteiger partial charge >= 0.3 is 12.1 Å². The normalized spacial score (nSPS) is 14.3. The lowest BCUT2D eigenvalue weighted by molar-refractivity contribution is -0.189. The Kier molecular flexibility index (Phi) is 8.73. The van der Waals surface area contributed by atoms with Crippen LogP contribution in [0.5, 0.6) is 11.5 Å². The Morgan fingerprint density at radius 1 is 0.822 bits per heavy atom. The number of carbonyl (C=O) groups excluding carboxylic acids is 1. The van der Waals surface area contributed by atoms with Crippen LogP contribution in [0.2, 0.25) is 0 Å². The first kappa shape index (κ1) is 31.7. The van der Waals surface area contributed by atoms with Crippen LogP contribution in [-0.2, 0) is 19.0 Å². The molecule has 0 heterocycles. The maximum absolute atomic E-state index is 15.0. The van der Waals surface area contributed by atoms with Gasteiger partial charge in [0.25, 0.3) is 0 Å². The average Bonchev–Trinajstić information content (AvgIpc) is 3.33. The quantitative estimate of drug-likeness (QED) is 0.105. The first-order chi connectivity index (χ1) is 21.3. The summed E-state index contributed by atoms with van der Waals surface area (Å²) < 4.78 is 127. The van der Waals surface area contributed by atoms with Crippen LogP contribution in [0.25, 0.3) is 17.2 Å². The zero-order chi connectivity index (χ0) is 32.6. The van der Waals surface area contributed by atoms with E-state index in [1.54, 1.807) is 12.1 Å². The molecular weight excluding hydrogens is 608 g/mol. The second-order valence-electron chi connectivity index (χ2n) is 10.6. The molecule has 11 heteroatoms. The number of esters is 1. The summed E-state index contributed by atoms with van der Waals surface area (Å²) in [7, 11) is 0. The van der Waals surface area contributed by atoms with Crippen molar-refractivity contribution < 1.29 is 49.4 Å². The summed E-state index contributed by atoms with van der Waals surface area (Å²) in [5.74, 6) is -11.4. The molecule has 0 aromatic heterocycles. The Bertz CT molecular complexity index is 1750. The maximum Gasteiger partial charge on any atom is 0.432 e. The van der Waals surface area contributed by atoms with Gasteiger partial charge in [-0.25, -0.2) is 31.1 Å². The summed E-state index contributed by atoms with van der Waals surface area (Å²) >= 11 is 0. The number of benzene rings is 4. The molecular formula is C34H24F8O3. The highest BCUT2D eigenvalue weighted by Gasteiger charge is 2.42. The minimum absolute atomic E-state index is 0.167. The monoisotopic (exact) mass is 632 g/mol. The molecule has 0 saturated carbocycles. The van der Waals surface area contributed by atoms with E-state index < -0.39 is 80.7 Å². The summed E-state index contributed by atoms with van der Waals surface area (Å²) in [4.78, 5) is 12.7. The van der Waals surface area contributed by atoms with Gasteiger partial charge in [-0.3, -0.25) is 0 Å². The van der Waals surface area contributed by atoms with Crippen LogP contribution < -0.4 is 9.47 Å². The van der Waals surface area contributed by atoms with Crippen molar-refractivity contribution in [3.8, 4) is 22.6 Å². The largest absolute Gasteiger partial charge is 0.432 e. The molecule has 0 spiro atoms. The molecule has 1 aliphatic rings. The predicted octanol–water partition coefficient (Wildman–Crippen LogP) is 9.69. The summed E-state index contributed by atoms with van der Waals surface area (Å²) in [6, 6.07) is 7.45. The zero-order valence-corrected chi connectivity index (χ0v) is 23.6. The van der Waals surface area contributed by atoms with E-state index in [-0.39, 0.29) is 17.7 Å². The van der Waals surface area contributed by atoms with E-state index >= 15 is 8.78 Å².